The lowest BCUT2D eigenvalue weighted by Crippen LogP contribution is -2.31. The molecule has 0 aromatic rings. The topological polar surface area (TPSA) is 18.8 Å². The lowest BCUT2D eigenvalue weighted by atomic mass is 10.2. The second kappa shape index (κ2) is 8.78. The number of unbranched alkanes of at least 4 members (excludes halogenated alkanes) is 2. The van der Waals surface area contributed by atoms with Gasteiger partial charge in [0.1, 0.15) is 0 Å². The summed E-state index contributed by atoms with van der Waals surface area (Å²) in [6.45, 7) is 5.53. The fourth-order valence-electron chi connectivity index (χ4n) is 2.15. The Balaban J connectivity index is 2.15. The van der Waals surface area contributed by atoms with Crippen molar-refractivity contribution in [3.05, 3.63) is 24.3 Å². The summed E-state index contributed by atoms with van der Waals surface area (Å²) in [6.07, 6.45) is 13.6. The molecule has 0 N–H and O–H groups in total. The minimum absolute atomic E-state index is 1.10. The van der Waals surface area contributed by atoms with Gasteiger partial charge in [0.2, 0.25) is 0 Å². The third kappa shape index (κ3) is 4.94. The molecule has 1 fully saturated rings. The number of guanidine groups is 1. The Morgan fingerprint density at radius 2 is 1.89 bits per heavy atom. The monoisotopic (exact) mass is 249 g/mol. The lowest BCUT2D eigenvalue weighted by molar-refractivity contribution is 0.451. The fraction of sp³-hybridized carbons (Fsp3) is 0.667. The molecule has 0 aliphatic carbocycles. The summed E-state index contributed by atoms with van der Waals surface area (Å²) in [7, 11) is 3.99. The van der Waals surface area contributed by atoms with E-state index in [0.29, 0.717) is 0 Å². The van der Waals surface area contributed by atoms with Gasteiger partial charge in [-0.3, -0.25) is 4.99 Å². The number of hydrogen-bond donors (Lipinski definition) is 0. The minimum atomic E-state index is 1.10. The first-order chi connectivity index (χ1) is 8.79. The van der Waals surface area contributed by atoms with E-state index in [-0.39, 0.29) is 0 Å². The Bertz CT molecular complexity index is 305. The molecule has 1 aliphatic rings. The SMILES string of the molecule is CCC/C=C/C=C/CCCN1CCN(C)C1=NC. The van der Waals surface area contributed by atoms with Crippen molar-refractivity contribution >= 4 is 5.96 Å². The molecule has 1 heterocycles. The maximum absolute atomic E-state index is 4.34. The van der Waals surface area contributed by atoms with Crippen molar-refractivity contribution in [1.29, 1.82) is 0 Å². The van der Waals surface area contributed by atoms with Gasteiger partial charge in [-0.15, -0.1) is 0 Å². The largest absolute Gasteiger partial charge is 0.344 e. The summed E-state index contributed by atoms with van der Waals surface area (Å²) in [5.74, 6) is 1.14. The Morgan fingerprint density at radius 1 is 1.17 bits per heavy atom. The molecule has 18 heavy (non-hydrogen) atoms. The first-order valence-corrected chi connectivity index (χ1v) is 7.04. The molecular weight excluding hydrogens is 222 g/mol. The van der Waals surface area contributed by atoms with E-state index in [1.165, 1.54) is 19.3 Å². The van der Waals surface area contributed by atoms with Crippen LogP contribution < -0.4 is 0 Å². The predicted octanol–water partition coefficient (Wildman–Crippen LogP) is 2.91. The van der Waals surface area contributed by atoms with Gasteiger partial charge in [-0.05, 0) is 19.3 Å². The molecule has 1 saturated heterocycles. The molecule has 0 radical (unpaired) electrons. The van der Waals surface area contributed by atoms with Crippen LogP contribution in [0.3, 0.4) is 0 Å². The normalized spacial score (nSPS) is 18.9. The maximum Gasteiger partial charge on any atom is 0.196 e. The molecule has 1 rings (SSSR count). The van der Waals surface area contributed by atoms with Gasteiger partial charge in [-0.2, -0.15) is 0 Å². The number of likely N-dealkylation sites (N-methyl/N-ethyl adjacent to an activating group) is 1. The summed E-state index contributed by atoms with van der Waals surface area (Å²) in [6, 6.07) is 0. The van der Waals surface area contributed by atoms with Crippen LogP contribution in [0.4, 0.5) is 0 Å². The Kier molecular flexibility index (Phi) is 7.23. The minimum Gasteiger partial charge on any atom is -0.344 e. The highest BCUT2D eigenvalue weighted by atomic mass is 15.4. The fourth-order valence-corrected chi connectivity index (χ4v) is 2.15. The molecule has 0 atom stereocenters. The molecule has 0 aromatic heterocycles. The summed E-state index contributed by atoms with van der Waals surface area (Å²) in [5.41, 5.74) is 0. The van der Waals surface area contributed by atoms with Crippen molar-refractivity contribution in [2.45, 2.75) is 32.6 Å². The van der Waals surface area contributed by atoms with Gasteiger partial charge < -0.3 is 9.80 Å². The van der Waals surface area contributed by atoms with Crippen molar-refractivity contribution in [3.63, 3.8) is 0 Å². The first kappa shape index (κ1) is 14.8. The van der Waals surface area contributed by atoms with Gasteiger partial charge in [0, 0.05) is 33.7 Å². The average Bonchev–Trinajstić information content (AvgIpc) is 2.73. The van der Waals surface area contributed by atoms with Crippen molar-refractivity contribution in [2.75, 3.05) is 33.7 Å². The van der Waals surface area contributed by atoms with E-state index in [9.17, 15) is 0 Å². The molecule has 3 heteroatoms. The Morgan fingerprint density at radius 3 is 2.56 bits per heavy atom. The molecule has 0 saturated carbocycles. The summed E-state index contributed by atoms with van der Waals surface area (Å²) in [5, 5.41) is 0. The first-order valence-electron chi connectivity index (χ1n) is 7.04. The molecule has 1 aliphatic heterocycles. The van der Waals surface area contributed by atoms with Crippen molar-refractivity contribution < 1.29 is 0 Å². The lowest BCUT2D eigenvalue weighted by Gasteiger charge is -2.19. The maximum atomic E-state index is 4.34. The van der Waals surface area contributed by atoms with E-state index in [0.717, 1.165) is 32.0 Å². The van der Waals surface area contributed by atoms with Gasteiger partial charge in [0.05, 0.1) is 0 Å². The van der Waals surface area contributed by atoms with Crippen molar-refractivity contribution in [2.24, 2.45) is 4.99 Å². The van der Waals surface area contributed by atoms with Gasteiger partial charge >= 0.3 is 0 Å². The Hall–Kier alpha value is -1.25. The molecule has 0 aromatic carbocycles. The number of rotatable bonds is 7. The molecule has 3 nitrogen and oxygen atoms in total. The molecule has 0 spiro atoms. The van der Waals surface area contributed by atoms with Crippen LogP contribution in [0.25, 0.3) is 0 Å². The van der Waals surface area contributed by atoms with Crippen LogP contribution in [0.2, 0.25) is 0 Å². The zero-order valence-corrected chi connectivity index (χ0v) is 12.1. The second-order valence-corrected chi connectivity index (χ2v) is 4.72. The Labute approximate surface area is 112 Å². The van der Waals surface area contributed by atoms with E-state index in [4.69, 9.17) is 0 Å². The second-order valence-electron chi connectivity index (χ2n) is 4.72. The van der Waals surface area contributed by atoms with Crippen LogP contribution in [0.1, 0.15) is 32.6 Å². The van der Waals surface area contributed by atoms with Gasteiger partial charge in [0.25, 0.3) is 0 Å². The highest BCUT2D eigenvalue weighted by Crippen LogP contribution is 2.07. The van der Waals surface area contributed by atoms with E-state index >= 15 is 0 Å². The highest BCUT2D eigenvalue weighted by molar-refractivity contribution is 5.81. The average molecular weight is 249 g/mol. The van der Waals surface area contributed by atoms with Crippen LogP contribution in [0, 0.1) is 0 Å². The third-order valence-corrected chi connectivity index (χ3v) is 3.17. The molecule has 102 valence electrons. The van der Waals surface area contributed by atoms with Crippen LogP contribution in [-0.4, -0.2) is 49.5 Å². The zero-order valence-electron chi connectivity index (χ0n) is 12.1. The van der Waals surface area contributed by atoms with E-state index < -0.39 is 0 Å². The summed E-state index contributed by atoms with van der Waals surface area (Å²) in [4.78, 5) is 8.94. The molecule has 0 unspecified atom stereocenters. The number of hydrogen-bond acceptors (Lipinski definition) is 1. The van der Waals surface area contributed by atoms with E-state index in [1.54, 1.807) is 0 Å². The van der Waals surface area contributed by atoms with Crippen molar-refractivity contribution in [1.82, 2.24) is 9.80 Å². The van der Waals surface area contributed by atoms with Gasteiger partial charge in [-0.1, -0.05) is 37.6 Å². The molecule has 0 bridgehead atoms. The van der Waals surface area contributed by atoms with Crippen LogP contribution in [0.5, 0.6) is 0 Å². The smallest absolute Gasteiger partial charge is 0.196 e. The summed E-state index contributed by atoms with van der Waals surface area (Å²) < 4.78 is 0. The number of nitrogens with zero attached hydrogens (tertiary/aromatic N) is 3. The quantitative estimate of drug-likeness (QED) is 0.510. The third-order valence-electron chi connectivity index (χ3n) is 3.17. The van der Waals surface area contributed by atoms with Gasteiger partial charge in [-0.25, -0.2) is 0 Å². The van der Waals surface area contributed by atoms with Crippen LogP contribution >= 0.6 is 0 Å². The zero-order chi connectivity index (χ0) is 13.2. The highest BCUT2D eigenvalue weighted by Gasteiger charge is 2.21. The standard InChI is InChI=1S/C15H27N3/c1-4-5-6-7-8-9-10-11-12-18-14-13-17(3)15(18)16-2/h6-9H,4-5,10-14H2,1-3H3/b7-6+,9-8+,16-15?. The predicted molar refractivity (Wildman–Crippen MR) is 80.0 cm³/mol. The summed E-state index contributed by atoms with van der Waals surface area (Å²) >= 11 is 0. The molecular formula is C15H27N3. The van der Waals surface area contributed by atoms with E-state index in [1.807, 2.05) is 7.05 Å². The van der Waals surface area contributed by atoms with Crippen molar-refractivity contribution in [3.8, 4) is 0 Å². The van der Waals surface area contributed by atoms with Gasteiger partial charge in [0.15, 0.2) is 5.96 Å². The van der Waals surface area contributed by atoms with E-state index in [2.05, 4.69) is 53.1 Å². The molecule has 0 amide bonds. The number of allylic oxidation sites excluding steroid dienone is 4. The van der Waals surface area contributed by atoms with Crippen LogP contribution in [0.15, 0.2) is 29.3 Å². The van der Waals surface area contributed by atoms with Crippen LogP contribution in [-0.2, 0) is 0 Å². The number of aliphatic imine (C=N–C) groups is 1.